The first-order valence-electron chi connectivity index (χ1n) is 6.16. The lowest BCUT2D eigenvalue weighted by molar-refractivity contribution is 0.571. The van der Waals surface area contributed by atoms with Crippen LogP contribution in [0.25, 0.3) is 0 Å². The molecule has 0 fully saturated rings. The van der Waals surface area contributed by atoms with Crippen molar-refractivity contribution >= 4 is 21.6 Å². The molecule has 106 valence electrons. The second-order valence-electron chi connectivity index (χ2n) is 4.51. The molecular weight excluding hydrogens is 326 g/mol. The minimum atomic E-state index is -0.357. The molecule has 2 rings (SSSR count). The number of nitrogens with zero attached hydrogens (tertiary/aromatic N) is 1. The highest BCUT2D eigenvalue weighted by molar-refractivity contribution is 9.10. The van der Waals surface area contributed by atoms with Crippen LogP contribution in [0.3, 0.4) is 0 Å². The fourth-order valence-electron chi connectivity index (χ4n) is 2.14. The number of benzene rings is 2. The smallest absolute Gasteiger partial charge is 0.129 e. The fraction of sp³-hybridized carbons (Fsp3) is 0.200. The number of rotatable bonds is 4. The van der Waals surface area contributed by atoms with Gasteiger partial charge in [0.1, 0.15) is 11.6 Å². The summed E-state index contributed by atoms with van der Waals surface area (Å²) in [5.74, 6) is -0.667. The highest BCUT2D eigenvalue weighted by atomic mass is 79.9. The SMILES string of the molecule is CN(c1cccc(F)c1)C(CN)c1ccc(Br)cc1F. The summed E-state index contributed by atoms with van der Waals surface area (Å²) in [6.07, 6.45) is 0. The zero-order valence-corrected chi connectivity index (χ0v) is 12.6. The first kappa shape index (κ1) is 14.9. The van der Waals surface area contributed by atoms with Crippen molar-refractivity contribution in [2.75, 3.05) is 18.5 Å². The van der Waals surface area contributed by atoms with Gasteiger partial charge >= 0.3 is 0 Å². The Balaban J connectivity index is 2.36. The predicted molar refractivity (Wildman–Crippen MR) is 80.7 cm³/mol. The van der Waals surface area contributed by atoms with Crippen molar-refractivity contribution in [2.45, 2.75) is 6.04 Å². The maximum Gasteiger partial charge on any atom is 0.129 e. The van der Waals surface area contributed by atoms with Gasteiger partial charge < -0.3 is 10.6 Å². The Kier molecular flexibility index (Phi) is 4.73. The van der Waals surface area contributed by atoms with Crippen LogP contribution in [0.1, 0.15) is 11.6 Å². The van der Waals surface area contributed by atoms with Gasteiger partial charge in [0.05, 0.1) is 6.04 Å². The van der Waals surface area contributed by atoms with Crippen molar-refractivity contribution in [3.8, 4) is 0 Å². The van der Waals surface area contributed by atoms with E-state index in [1.807, 2.05) is 0 Å². The van der Waals surface area contributed by atoms with Crippen LogP contribution >= 0.6 is 15.9 Å². The summed E-state index contributed by atoms with van der Waals surface area (Å²) in [6.45, 7) is 0.228. The third-order valence-electron chi connectivity index (χ3n) is 3.23. The monoisotopic (exact) mass is 340 g/mol. The molecule has 0 amide bonds. The van der Waals surface area contributed by atoms with Crippen molar-refractivity contribution in [3.05, 3.63) is 64.1 Å². The second-order valence-corrected chi connectivity index (χ2v) is 5.42. The van der Waals surface area contributed by atoms with Crippen molar-refractivity contribution in [1.82, 2.24) is 0 Å². The second kappa shape index (κ2) is 6.33. The van der Waals surface area contributed by atoms with E-state index in [0.717, 1.165) is 0 Å². The van der Waals surface area contributed by atoms with E-state index in [9.17, 15) is 8.78 Å². The van der Waals surface area contributed by atoms with Gasteiger partial charge in [0.25, 0.3) is 0 Å². The Bertz CT molecular complexity index is 604. The van der Waals surface area contributed by atoms with Crippen molar-refractivity contribution in [3.63, 3.8) is 0 Å². The Labute approximate surface area is 125 Å². The highest BCUT2D eigenvalue weighted by Gasteiger charge is 2.20. The van der Waals surface area contributed by atoms with Gasteiger partial charge in [-0.25, -0.2) is 8.78 Å². The largest absolute Gasteiger partial charge is 0.366 e. The summed E-state index contributed by atoms with van der Waals surface area (Å²) in [7, 11) is 1.77. The molecule has 0 aromatic heterocycles. The normalized spacial score (nSPS) is 12.2. The molecule has 0 radical (unpaired) electrons. The lowest BCUT2D eigenvalue weighted by Gasteiger charge is -2.29. The van der Waals surface area contributed by atoms with Gasteiger partial charge in [0, 0.05) is 29.3 Å². The van der Waals surface area contributed by atoms with E-state index in [1.165, 1.54) is 18.2 Å². The van der Waals surface area contributed by atoms with E-state index in [4.69, 9.17) is 5.73 Å². The highest BCUT2D eigenvalue weighted by Crippen LogP contribution is 2.28. The number of hydrogen-bond donors (Lipinski definition) is 1. The lowest BCUT2D eigenvalue weighted by Crippen LogP contribution is -2.31. The molecule has 2 nitrogen and oxygen atoms in total. The van der Waals surface area contributed by atoms with Crippen LogP contribution in [-0.2, 0) is 0 Å². The van der Waals surface area contributed by atoms with Crippen molar-refractivity contribution < 1.29 is 8.78 Å². The van der Waals surface area contributed by atoms with Crippen molar-refractivity contribution in [2.24, 2.45) is 5.73 Å². The average Bonchev–Trinajstić information content (AvgIpc) is 2.41. The van der Waals surface area contributed by atoms with Gasteiger partial charge in [-0.2, -0.15) is 0 Å². The number of anilines is 1. The van der Waals surface area contributed by atoms with E-state index in [2.05, 4.69) is 15.9 Å². The number of nitrogens with two attached hydrogens (primary N) is 1. The Morgan fingerprint density at radius 1 is 1.20 bits per heavy atom. The number of likely N-dealkylation sites (N-methyl/N-ethyl adjacent to an activating group) is 1. The van der Waals surface area contributed by atoms with E-state index < -0.39 is 0 Å². The standard InChI is InChI=1S/C15H15BrF2N2/c1-20(12-4-2-3-11(17)8-12)15(9-19)13-6-5-10(16)7-14(13)18/h2-8,15H,9,19H2,1H3. The maximum atomic E-state index is 14.1. The average molecular weight is 341 g/mol. The van der Waals surface area contributed by atoms with E-state index in [1.54, 1.807) is 36.2 Å². The van der Waals surface area contributed by atoms with Crippen LogP contribution in [-0.4, -0.2) is 13.6 Å². The predicted octanol–water partition coefficient (Wildman–Crippen LogP) is 3.86. The van der Waals surface area contributed by atoms with Gasteiger partial charge in [-0.1, -0.05) is 28.1 Å². The summed E-state index contributed by atoms with van der Waals surface area (Å²) >= 11 is 3.22. The molecule has 0 saturated carbocycles. The van der Waals surface area contributed by atoms with Gasteiger partial charge in [0.15, 0.2) is 0 Å². The Morgan fingerprint density at radius 2 is 1.95 bits per heavy atom. The molecule has 0 aliphatic rings. The zero-order chi connectivity index (χ0) is 14.7. The fourth-order valence-corrected chi connectivity index (χ4v) is 2.47. The summed E-state index contributed by atoms with van der Waals surface area (Å²) < 4.78 is 28.0. The molecule has 0 aliphatic carbocycles. The third kappa shape index (κ3) is 3.16. The summed E-state index contributed by atoms with van der Waals surface area (Å²) in [6, 6.07) is 10.7. The maximum absolute atomic E-state index is 14.1. The molecule has 1 unspecified atom stereocenters. The molecular formula is C15H15BrF2N2. The van der Waals surface area contributed by atoms with Gasteiger partial charge in [-0.3, -0.25) is 0 Å². The molecule has 2 aromatic rings. The first-order valence-corrected chi connectivity index (χ1v) is 6.95. The zero-order valence-electron chi connectivity index (χ0n) is 11.0. The quantitative estimate of drug-likeness (QED) is 0.915. The van der Waals surface area contributed by atoms with Crippen LogP contribution < -0.4 is 10.6 Å². The summed E-state index contributed by atoms with van der Waals surface area (Å²) in [4.78, 5) is 1.77. The van der Waals surface area contributed by atoms with Crippen LogP contribution in [0.4, 0.5) is 14.5 Å². The third-order valence-corrected chi connectivity index (χ3v) is 3.72. The van der Waals surface area contributed by atoms with Gasteiger partial charge in [0.2, 0.25) is 0 Å². The Morgan fingerprint density at radius 3 is 2.55 bits per heavy atom. The number of halogens is 3. The molecule has 0 spiro atoms. The van der Waals surface area contributed by atoms with Gasteiger partial charge in [-0.05, 0) is 30.3 Å². The summed E-state index contributed by atoms with van der Waals surface area (Å²) in [5, 5.41) is 0. The summed E-state index contributed by atoms with van der Waals surface area (Å²) in [5.41, 5.74) is 6.92. The van der Waals surface area contributed by atoms with E-state index in [-0.39, 0.29) is 24.2 Å². The molecule has 0 saturated heterocycles. The van der Waals surface area contributed by atoms with Crippen molar-refractivity contribution in [1.29, 1.82) is 0 Å². The molecule has 0 heterocycles. The van der Waals surface area contributed by atoms with Crippen LogP contribution in [0.2, 0.25) is 0 Å². The number of hydrogen-bond acceptors (Lipinski definition) is 2. The minimum Gasteiger partial charge on any atom is -0.366 e. The first-order chi connectivity index (χ1) is 9.52. The molecule has 20 heavy (non-hydrogen) atoms. The molecule has 0 bridgehead atoms. The van der Waals surface area contributed by atoms with Crippen LogP contribution in [0.5, 0.6) is 0 Å². The van der Waals surface area contributed by atoms with E-state index >= 15 is 0 Å². The molecule has 0 aliphatic heterocycles. The Hall–Kier alpha value is -1.46. The molecule has 1 atom stereocenters. The van der Waals surface area contributed by atoms with Crippen LogP contribution in [0.15, 0.2) is 46.9 Å². The van der Waals surface area contributed by atoms with E-state index in [0.29, 0.717) is 15.7 Å². The molecule has 5 heteroatoms. The molecule has 2 N–H and O–H groups in total. The molecule has 2 aromatic carbocycles. The van der Waals surface area contributed by atoms with Gasteiger partial charge in [-0.15, -0.1) is 0 Å². The lowest BCUT2D eigenvalue weighted by atomic mass is 10.0. The topological polar surface area (TPSA) is 29.3 Å². The minimum absolute atomic E-state index is 0.228. The van der Waals surface area contributed by atoms with Crippen LogP contribution in [0, 0.1) is 11.6 Å².